The van der Waals surface area contributed by atoms with Crippen molar-refractivity contribution in [2.24, 2.45) is 0 Å². The molecule has 7 aromatic carbocycles. The molecule has 0 aliphatic heterocycles. The van der Waals surface area contributed by atoms with Crippen LogP contribution in [0.2, 0.25) is 0 Å². The van der Waals surface area contributed by atoms with Crippen molar-refractivity contribution in [1.29, 1.82) is 0 Å². The molecule has 38 heavy (non-hydrogen) atoms. The van der Waals surface area contributed by atoms with Crippen LogP contribution in [0.15, 0.2) is 146 Å². The van der Waals surface area contributed by atoms with Crippen LogP contribution in [0.3, 0.4) is 0 Å². The molecule has 0 saturated heterocycles. The van der Waals surface area contributed by atoms with E-state index in [1.165, 1.54) is 82.0 Å². The van der Waals surface area contributed by atoms with Gasteiger partial charge in [-0.05, 0) is 0 Å². The molecule has 0 amide bonds. The zero-order chi connectivity index (χ0) is 26.3. The monoisotopic (exact) mass is 564 g/mol. The molecule has 0 heterocycles. The van der Waals surface area contributed by atoms with Crippen LogP contribution in [0.5, 0.6) is 0 Å². The minimum absolute atomic E-state index is 1.33. The predicted octanol–water partition coefficient (Wildman–Crippen LogP) is 9.69. The van der Waals surface area contributed by atoms with Gasteiger partial charge in [-0.25, -0.2) is 0 Å². The first kappa shape index (κ1) is 26.0. The van der Waals surface area contributed by atoms with E-state index in [4.69, 9.17) is 0 Å². The van der Waals surface area contributed by atoms with Crippen molar-refractivity contribution in [2.75, 3.05) is 0 Å². The van der Waals surface area contributed by atoms with E-state index in [9.17, 15) is 0 Å². The van der Waals surface area contributed by atoms with Gasteiger partial charge >= 0.3 is 99.2 Å². The first-order valence-electron chi connectivity index (χ1n) is 13.0. The summed E-state index contributed by atoms with van der Waals surface area (Å²) in [6, 6.07) is 51.3. The van der Waals surface area contributed by atoms with Gasteiger partial charge in [0.25, 0.3) is 0 Å². The third kappa shape index (κ3) is 6.07. The summed E-state index contributed by atoms with van der Waals surface area (Å²) in [5, 5.41) is 8.15. The molecule has 0 spiro atoms. The van der Waals surface area contributed by atoms with Gasteiger partial charge in [0.2, 0.25) is 0 Å². The van der Waals surface area contributed by atoms with Crippen molar-refractivity contribution >= 4 is 35.5 Å². The molecule has 1 heteroatoms. The second-order valence-electron chi connectivity index (χ2n) is 9.54. The largest absolute Gasteiger partial charge is 0.126 e. The van der Waals surface area contributed by atoms with Crippen LogP contribution < -0.4 is 0 Å². The minimum Gasteiger partial charge on any atom is -0.126 e. The Balaban J connectivity index is 0.000000117. The van der Waals surface area contributed by atoms with Crippen molar-refractivity contribution in [3.8, 4) is 0 Å². The van der Waals surface area contributed by atoms with E-state index in [0.29, 0.717) is 0 Å². The summed E-state index contributed by atoms with van der Waals surface area (Å²) in [5.41, 5.74) is 5.39. The first-order valence-corrected chi connectivity index (χ1v) is 14.2. The maximum Gasteiger partial charge on any atom is -0.0771 e. The number of rotatable bonds is 2. The maximum absolute atomic E-state index is 2.24. The van der Waals surface area contributed by atoms with Gasteiger partial charge in [-0.3, -0.25) is 0 Å². The normalized spacial score (nSPS) is 10.5. The van der Waals surface area contributed by atoms with Gasteiger partial charge in [-0.1, -0.05) is 56.3 Å². The van der Waals surface area contributed by atoms with Crippen LogP contribution in [0.4, 0.5) is 0 Å². The topological polar surface area (TPSA) is 0 Å². The van der Waals surface area contributed by atoms with Gasteiger partial charge in [0.05, 0.1) is 0 Å². The molecule has 0 aliphatic carbocycles. The number of aryl methyl sites for hydroxylation is 2. The molecule has 0 aromatic heterocycles. The van der Waals surface area contributed by atoms with E-state index in [1.54, 1.807) is 0 Å². The standard InChI is InChI=1S/C13H9.C13H10.C11H11.Zr/c1-3-7-12-10(5-1)9-11-6-2-4-8-13(11)12;1-3-7-12(8-4-1)11-13-9-5-2-6-10-13;1-8-6-10-5-3-4-9(2)11(10)7-8;/h1-9H;1-10H;3-7H,1-2H3;/q-1;;-1;+2. The fourth-order valence-electron chi connectivity index (χ4n) is 4.82. The predicted molar refractivity (Wildman–Crippen MR) is 162 cm³/mol. The fourth-order valence-corrected chi connectivity index (χ4v) is 5.64. The average Bonchev–Trinajstić information content (AvgIpc) is 3.55. The first-order chi connectivity index (χ1) is 18.6. The van der Waals surface area contributed by atoms with Gasteiger partial charge in [-0.2, -0.15) is 6.07 Å². The van der Waals surface area contributed by atoms with E-state index < -0.39 is 0 Å². The molecule has 0 N–H and O–H groups in total. The van der Waals surface area contributed by atoms with Crippen LogP contribution in [0.25, 0.3) is 32.3 Å². The second-order valence-corrected chi connectivity index (χ2v) is 10.8. The summed E-state index contributed by atoms with van der Waals surface area (Å²) in [6.07, 6.45) is 0. The quantitative estimate of drug-likeness (QED) is 0.183. The van der Waals surface area contributed by atoms with Gasteiger partial charge in [0.1, 0.15) is 0 Å². The van der Waals surface area contributed by atoms with Crippen molar-refractivity contribution in [1.82, 2.24) is 0 Å². The molecule has 0 atom stereocenters. The zero-order valence-corrected chi connectivity index (χ0v) is 24.3. The summed E-state index contributed by atoms with van der Waals surface area (Å²) in [6.45, 7) is 4.29. The maximum atomic E-state index is 2.24. The Labute approximate surface area is 240 Å². The van der Waals surface area contributed by atoms with Gasteiger partial charge in [0.15, 0.2) is 0 Å². The molecule has 0 fully saturated rings. The van der Waals surface area contributed by atoms with Crippen molar-refractivity contribution in [2.45, 2.75) is 13.8 Å². The van der Waals surface area contributed by atoms with Crippen molar-refractivity contribution < 1.29 is 24.2 Å². The molecule has 0 aliphatic rings. The Morgan fingerprint density at radius 1 is 0.526 bits per heavy atom. The fraction of sp³-hybridized carbons (Fsp3) is 0.0541. The third-order valence-corrected chi connectivity index (χ3v) is 8.18. The second kappa shape index (κ2) is 12.3. The SMILES string of the molecule is Cc1cc2cccc(C)c2[cH-]1.[Zr+2]=[C](c1ccccc1)c1ccccc1.c1ccc2c(c1)[cH-]c1ccccc12. The summed E-state index contributed by atoms with van der Waals surface area (Å²) >= 11 is 1.46. The summed E-state index contributed by atoms with van der Waals surface area (Å²) in [7, 11) is 0. The summed E-state index contributed by atoms with van der Waals surface area (Å²) in [4.78, 5) is 0. The van der Waals surface area contributed by atoms with Gasteiger partial charge in [0, 0.05) is 0 Å². The Morgan fingerprint density at radius 2 is 1.03 bits per heavy atom. The van der Waals surface area contributed by atoms with Crippen LogP contribution >= 0.6 is 0 Å². The molecule has 0 radical (unpaired) electrons. The number of fused-ring (bicyclic) bond motifs is 4. The molecule has 0 bridgehead atoms. The zero-order valence-electron chi connectivity index (χ0n) is 21.9. The van der Waals surface area contributed by atoms with E-state index in [1.807, 2.05) is 0 Å². The van der Waals surface area contributed by atoms with Crippen LogP contribution in [0, 0.1) is 13.8 Å². The summed E-state index contributed by atoms with van der Waals surface area (Å²) in [5.74, 6) is 0. The number of benzene rings is 5. The number of hydrogen-bond donors (Lipinski definition) is 0. The Hall–Kier alpha value is -3.67. The molecule has 0 saturated carbocycles. The molecule has 182 valence electrons. The van der Waals surface area contributed by atoms with Crippen molar-refractivity contribution in [3.63, 3.8) is 0 Å². The average molecular weight is 566 g/mol. The molecule has 0 nitrogen and oxygen atoms in total. The van der Waals surface area contributed by atoms with Crippen LogP contribution in [-0.4, -0.2) is 3.21 Å². The Morgan fingerprint density at radius 3 is 1.55 bits per heavy atom. The van der Waals surface area contributed by atoms with Crippen LogP contribution in [-0.2, 0) is 24.2 Å². The smallest absolute Gasteiger partial charge is 0.0771 e. The minimum atomic E-state index is 1.33. The molecule has 0 unspecified atom stereocenters. The number of hydrogen-bond acceptors (Lipinski definition) is 0. The van der Waals surface area contributed by atoms with E-state index in [2.05, 4.69) is 159 Å². The molecule has 7 aromatic rings. The Bertz CT molecular complexity index is 1690. The Kier molecular flexibility index (Phi) is 8.37. The van der Waals surface area contributed by atoms with Crippen LogP contribution in [0.1, 0.15) is 22.3 Å². The summed E-state index contributed by atoms with van der Waals surface area (Å²) < 4.78 is 1.42. The van der Waals surface area contributed by atoms with E-state index >= 15 is 0 Å². The molecule has 7 rings (SSSR count). The van der Waals surface area contributed by atoms with Gasteiger partial charge in [-0.15, -0.1) is 79.8 Å². The van der Waals surface area contributed by atoms with Crippen molar-refractivity contribution in [3.05, 3.63) is 168 Å². The third-order valence-electron chi connectivity index (χ3n) is 6.76. The van der Waals surface area contributed by atoms with E-state index in [0.717, 1.165) is 0 Å². The van der Waals surface area contributed by atoms with Gasteiger partial charge < -0.3 is 0 Å². The molecular formula is C37H30Zr. The van der Waals surface area contributed by atoms with E-state index in [-0.39, 0.29) is 0 Å². The molecular weight excluding hydrogens is 536 g/mol.